The molecule has 0 rings (SSSR count). The van der Waals surface area contributed by atoms with Gasteiger partial charge in [-0.1, -0.05) is 0 Å². The van der Waals surface area contributed by atoms with E-state index in [1.54, 1.807) is 37.7 Å². The maximum absolute atomic E-state index is 11.5. The van der Waals surface area contributed by atoms with E-state index in [9.17, 15) is 29.7 Å². The molecule has 0 aromatic carbocycles. The molecule has 102 valence electrons. The van der Waals surface area contributed by atoms with Crippen molar-refractivity contribution < 1.29 is 39.2 Å². The summed E-state index contributed by atoms with van der Waals surface area (Å²) >= 11 is 0. The van der Waals surface area contributed by atoms with E-state index in [1.165, 1.54) is 0 Å². The molecule has 0 bridgehead atoms. The summed E-state index contributed by atoms with van der Waals surface area (Å²) in [5, 5.41) is 0. The van der Waals surface area contributed by atoms with E-state index < -0.39 is 7.81 Å². The molecular formula is C5H12F7N2OP. The van der Waals surface area contributed by atoms with Crippen LogP contribution in [-0.2, 0) is 4.94 Å². The number of rotatable bonds is 0. The van der Waals surface area contributed by atoms with Crippen molar-refractivity contribution in [1.82, 2.24) is 4.90 Å². The van der Waals surface area contributed by atoms with E-state index in [0.717, 1.165) is 0 Å². The molecule has 0 amide bonds. The third kappa shape index (κ3) is 23.2. The molecule has 0 aliphatic carbocycles. The average Bonchev–Trinajstić information content (AvgIpc) is 1.77. The van der Waals surface area contributed by atoms with Crippen LogP contribution in [0.1, 0.15) is 0 Å². The molecule has 0 unspecified atom stereocenters. The van der Waals surface area contributed by atoms with Crippen LogP contribution in [-0.4, -0.2) is 43.7 Å². The van der Waals surface area contributed by atoms with E-state index in [1.807, 2.05) is 0 Å². The van der Waals surface area contributed by atoms with Crippen molar-refractivity contribution in [1.29, 1.82) is 0 Å². The minimum atomic E-state index is -10.7. The monoisotopic (exact) mass is 280 g/mol. The summed E-state index contributed by atoms with van der Waals surface area (Å²) in [6.45, 7) is 0. The number of amidine groups is 1. The van der Waals surface area contributed by atoms with Crippen molar-refractivity contribution in [2.75, 3.05) is 28.2 Å². The molecule has 0 heterocycles. The number of nitrogens with zero attached hydrogens (tertiary/aromatic N) is 2. The molecule has 0 saturated heterocycles. The Morgan fingerprint density at radius 1 is 1.00 bits per heavy atom. The van der Waals surface area contributed by atoms with Gasteiger partial charge < -0.3 is 0 Å². The van der Waals surface area contributed by atoms with Crippen LogP contribution in [0.5, 0.6) is 0 Å². The Balaban J connectivity index is 0. The van der Waals surface area contributed by atoms with Crippen molar-refractivity contribution in [3.63, 3.8) is 0 Å². The van der Waals surface area contributed by atoms with Crippen molar-refractivity contribution in [3.8, 4) is 0 Å². The van der Waals surface area contributed by atoms with Gasteiger partial charge in [-0.3, -0.25) is 0 Å². The second-order valence-electron chi connectivity index (χ2n) is 3.11. The van der Waals surface area contributed by atoms with Gasteiger partial charge in [0.25, 0.3) is 0 Å². The van der Waals surface area contributed by atoms with Gasteiger partial charge in [-0.25, -0.2) is 14.4 Å². The second-order valence-corrected chi connectivity index (χ2v) is 5.02. The van der Waals surface area contributed by atoms with Crippen LogP contribution in [0.15, 0.2) is 0 Å². The second kappa shape index (κ2) is 4.23. The molecular weight excluding hydrogens is 268 g/mol. The van der Waals surface area contributed by atoms with Crippen LogP contribution in [0.25, 0.3) is 0 Å². The Morgan fingerprint density at radius 3 is 1.25 bits per heavy atom. The zero-order chi connectivity index (χ0) is 13.8. The summed E-state index contributed by atoms with van der Waals surface area (Å²) < 4.78 is 72.3. The van der Waals surface area contributed by atoms with E-state index in [-0.39, 0.29) is 6.02 Å². The zero-order valence-corrected chi connectivity index (χ0v) is 9.79. The standard InChI is InChI=1S/C5H12FN2O.F6P/c1-7(2)5(9-6)8(3)4;1-7(2,3,4,5)6/h1-4H3;/q+1;-1. The van der Waals surface area contributed by atoms with E-state index >= 15 is 0 Å². The fraction of sp³-hybridized carbons (Fsp3) is 0.800. The molecule has 0 N–H and O–H groups in total. The molecule has 0 aromatic rings. The summed E-state index contributed by atoms with van der Waals surface area (Å²) in [7, 11) is -3.84. The van der Waals surface area contributed by atoms with Crippen molar-refractivity contribution >= 4 is 13.8 Å². The van der Waals surface area contributed by atoms with E-state index in [0.29, 0.717) is 0 Å². The molecule has 0 fully saturated rings. The van der Waals surface area contributed by atoms with Crippen LogP contribution in [0.4, 0.5) is 29.7 Å². The van der Waals surface area contributed by atoms with Gasteiger partial charge in [0.1, 0.15) is 0 Å². The Morgan fingerprint density at radius 2 is 1.25 bits per heavy atom. The van der Waals surface area contributed by atoms with Gasteiger partial charge in [-0.2, -0.15) is 0 Å². The quantitative estimate of drug-likeness (QED) is 0.222. The zero-order valence-electron chi connectivity index (χ0n) is 8.90. The topological polar surface area (TPSA) is 15.5 Å². The van der Waals surface area contributed by atoms with Crippen LogP contribution in [0.3, 0.4) is 0 Å². The maximum atomic E-state index is 11.5. The fourth-order valence-electron chi connectivity index (χ4n) is 0.538. The minimum absolute atomic E-state index is 0.190. The predicted octanol–water partition coefficient (Wildman–Crippen LogP) is 3.46. The van der Waals surface area contributed by atoms with Gasteiger partial charge in [0, 0.05) is 4.53 Å². The molecule has 0 atom stereocenters. The third-order valence-electron chi connectivity index (χ3n) is 0.834. The van der Waals surface area contributed by atoms with Crippen molar-refractivity contribution in [2.45, 2.75) is 0 Å². The predicted molar refractivity (Wildman–Crippen MR) is 46.6 cm³/mol. The normalized spacial score (nSPS) is 14.9. The van der Waals surface area contributed by atoms with Gasteiger partial charge in [0.05, 0.1) is 28.2 Å². The van der Waals surface area contributed by atoms with E-state index in [4.69, 9.17) is 0 Å². The fourth-order valence-corrected chi connectivity index (χ4v) is 0.538. The Kier molecular flexibility index (Phi) is 4.65. The molecule has 0 aromatic heterocycles. The van der Waals surface area contributed by atoms with Crippen LogP contribution < -0.4 is 0 Å². The van der Waals surface area contributed by atoms with Gasteiger partial charge >= 0.3 is 39.0 Å². The van der Waals surface area contributed by atoms with Crippen molar-refractivity contribution in [3.05, 3.63) is 0 Å². The Labute approximate surface area is 87.2 Å². The van der Waals surface area contributed by atoms with Crippen LogP contribution >= 0.6 is 7.81 Å². The Hall–Kier alpha value is -0.790. The van der Waals surface area contributed by atoms with E-state index in [2.05, 4.69) is 4.94 Å². The van der Waals surface area contributed by atoms with Gasteiger partial charge in [0.2, 0.25) is 0 Å². The molecule has 0 aliphatic rings. The first-order valence-electron chi connectivity index (χ1n) is 3.61. The first kappa shape index (κ1) is 17.6. The average molecular weight is 280 g/mol. The Bertz CT molecular complexity index is 253. The molecule has 3 nitrogen and oxygen atoms in total. The summed E-state index contributed by atoms with van der Waals surface area (Å²) in [5.74, 6) is 0. The summed E-state index contributed by atoms with van der Waals surface area (Å²) in [4.78, 5) is 5.08. The molecule has 0 aliphatic heterocycles. The first-order chi connectivity index (χ1) is 6.54. The molecule has 11 heteroatoms. The van der Waals surface area contributed by atoms with Gasteiger partial charge in [0.15, 0.2) is 0 Å². The van der Waals surface area contributed by atoms with Crippen LogP contribution in [0, 0.1) is 0 Å². The number of hydrogen-bond donors (Lipinski definition) is 0. The molecule has 16 heavy (non-hydrogen) atoms. The molecule has 0 radical (unpaired) electrons. The SMILES string of the molecule is CN(C)C(OF)=[N+](C)C.F[P-](F)(F)(F)(F)F. The molecule has 0 spiro atoms. The summed E-state index contributed by atoms with van der Waals surface area (Å²) in [5.41, 5.74) is 0. The number of halogens is 7. The number of hydrogen-bond acceptors (Lipinski definition) is 1. The van der Waals surface area contributed by atoms with Gasteiger partial charge in [-0.05, 0) is 0 Å². The first-order valence-corrected chi connectivity index (χ1v) is 5.64. The summed E-state index contributed by atoms with van der Waals surface area (Å²) in [6.07, 6.45) is 0. The summed E-state index contributed by atoms with van der Waals surface area (Å²) in [6, 6.07) is 0.190. The van der Waals surface area contributed by atoms with Crippen molar-refractivity contribution in [2.24, 2.45) is 0 Å². The third-order valence-corrected chi connectivity index (χ3v) is 0.834. The van der Waals surface area contributed by atoms with Gasteiger partial charge in [-0.15, -0.1) is 0 Å². The molecule has 0 saturated carbocycles. The van der Waals surface area contributed by atoms with Crippen LogP contribution in [0.2, 0.25) is 0 Å².